The van der Waals surface area contributed by atoms with Crippen LogP contribution in [0.1, 0.15) is 10.4 Å². The van der Waals surface area contributed by atoms with Gasteiger partial charge in [0.15, 0.2) is 11.5 Å². The van der Waals surface area contributed by atoms with Crippen molar-refractivity contribution in [3.63, 3.8) is 0 Å². The quantitative estimate of drug-likeness (QED) is 0.629. The van der Waals surface area contributed by atoms with Gasteiger partial charge in [-0.25, -0.2) is 8.42 Å². The number of nitrogens with zero attached hydrogens (tertiary/aromatic N) is 1. The van der Waals surface area contributed by atoms with Gasteiger partial charge in [0.25, 0.3) is 5.91 Å². The molecule has 3 rings (SSSR count). The van der Waals surface area contributed by atoms with Gasteiger partial charge in [-0.15, -0.1) is 0 Å². The summed E-state index contributed by atoms with van der Waals surface area (Å²) < 4.78 is 53.8. The van der Waals surface area contributed by atoms with Crippen molar-refractivity contribution in [1.82, 2.24) is 4.31 Å². The lowest BCUT2D eigenvalue weighted by atomic mass is 10.1. The Kier molecular flexibility index (Phi) is 7.44. The van der Waals surface area contributed by atoms with Crippen molar-refractivity contribution in [3.8, 4) is 23.0 Å². The van der Waals surface area contributed by atoms with E-state index in [9.17, 15) is 13.2 Å². The number of hydrogen-bond donors (Lipinski definition) is 1. The summed E-state index contributed by atoms with van der Waals surface area (Å²) in [6, 6.07) is 7.31. The first-order valence-corrected chi connectivity index (χ1v) is 11.2. The van der Waals surface area contributed by atoms with Gasteiger partial charge in [-0.2, -0.15) is 4.31 Å². The Labute approximate surface area is 187 Å². The second-order valence-electron chi connectivity index (χ2n) is 6.75. The molecule has 0 spiro atoms. The third-order valence-electron chi connectivity index (χ3n) is 4.95. The van der Waals surface area contributed by atoms with Crippen LogP contribution in [0.5, 0.6) is 23.0 Å². The Hall–Kier alpha value is -3.02. The van der Waals surface area contributed by atoms with Crippen LogP contribution in [0.4, 0.5) is 5.69 Å². The molecule has 0 saturated carbocycles. The van der Waals surface area contributed by atoms with E-state index in [1.807, 2.05) is 0 Å². The number of benzene rings is 2. The Morgan fingerprint density at radius 1 is 0.906 bits per heavy atom. The van der Waals surface area contributed by atoms with Crippen LogP contribution in [0.25, 0.3) is 0 Å². The van der Waals surface area contributed by atoms with E-state index in [0.717, 1.165) is 0 Å². The molecular formula is C21H26N2O8S. The zero-order valence-corrected chi connectivity index (χ0v) is 19.2. The number of sulfonamides is 1. The predicted octanol–water partition coefficient (Wildman–Crippen LogP) is 1.99. The Balaban J connectivity index is 1.94. The van der Waals surface area contributed by atoms with Gasteiger partial charge in [0.1, 0.15) is 5.75 Å². The monoisotopic (exact) mass is 466 g/mol. The minimum Gasteiger partial charge on any atom is -0.495 e. The normalized spacial score (nSPS) is 14.5. The molecule has 1 aliphatic heterocycles. The fraction of sp³-hybridized carbons (Fsp3) is 0.381. The summed E-state index contributed by atoms with van der Waals surface area (Å²) >= 11 is 0. The first kappa shape index (κ1) is 23.6. The van der Waals surface area contributed by atoms with Crippen LogP contribution in [0.2, 0.25) is 0 Å². The maximum absolute atomic E-state index is 13.0. The van der Waals surface area contributed by atoms with Crippen LogP contribution in [0.3, 0.4) is 0 Å². The van der Waals surface area contributed by atoms with Gasteiger partial charge in [-0.3, -0.25) is 4.79 Å². The summed E-state index contributed by atoms with van der Waals surface area (Å²) in [5.41, 5.74) is 0.434. The van der Waals surface area contributed by atoms with Crippen molar-refractivity contribution in [2.24, 2.45) is 0 Å². The second-order valence-corrected chi connectivity index (χ2v) is 8.68. The van der Waals surface area contributed by atoms with E-state index < -0.39 is 15.9 Å². The molecule has 1 fully saturated rings. The first-order valence-electron chi connectivity index (χ1n) is 9.73. The van der Waals surface area contributed by atoms with E-state index in [1.54, 1.807) is 0 Å². The average Bonchev–Trinajstić information content (AvgIpc) is 2.83. The van der Waals surface area contributed by atoms with Gasteiger partial charge in [0, 0.05) is 18.7 Å². The molecule has 0 aliphatic carbocycles. The minimum absolute atomic E-state index is 0.0420. The lowest BCUT2D eigenvalue weighted by Gasteiger charge is -2.26. The van der Waals surface area contributed by atoms with Crippen molar-refractivity contribution in [2.75, 3.05) is 60.1 Å². The SMILES string of the molecule is COc1ccc(S(=O)(=O)N2CCOCC2)cc1NC(=O)c1cc(OC)c(OC)c(OC)c1. The fourth-order valence-electron chi connectivity index (χ4n) is 3.29. The summed E-state index contributed by atoms with van der Waals surface area (Å²) in [5, 5.41) is 2.71. The summed E-state index contributed by atoms with van der Waals surface area (Å²) in [6.45, 7) is 1.20. The van der Waals surface area contributed by atoms with Crippen LogP contribution >= 0.6 is 0 Å². The molecule has 1 N–H and O–H groups in total. The summed E-state index contributed by atoms with van der Waals surface area (Å²) in [5.74, 6) is 0.776. The molecule has 2 aromatic carbocycles. The molecule has 0 aromatic heterocycles. The summed E-state index contributed by atoms with van der Waals surface area (Å²) in [4.78, 5) is 13.0. The zero-order chi connectivity index (χ0) is 23.3. The number of hydrogen-bond acceptors (Lipinski definition) is 8. The first-order chi connectivity index (χ1) is 15.3. The molecule has 1 heterocycles. The highest BCUT2D eigenvalue weighted by Crippen LogP contribution is 2.38. The van der Waals surface area contributed by atoms with Crippen LogP contribution in [0, 0.1) is 0 Å². The van der Waals surface area contributed by atoms with Crippen molar-refractivity contribution in [1.29, 1.82) is 0 Å². The molecule has 0 unspecified atom stereocenters. The third-order valence-corrected chi connectivity index (χ3v) is 6.85. The van der Waals surface area contributed by atoms with Crippen LogP contribution < -0.4 is 24.3 Å². The standard InChI is InChI=1S/C21H26N2O8S/c1-27-17-6-5-15(32(25,26)23-7-9-31-10-8-23)13-16(17)22-21(24)14-11-18(28-2)20(30-4)19(12-14)29-3/h5-6,11-13H,7-10H2,1-4H3,(H,22,24). The molecule has 1 amide bonds. The number of methoxy groups -OCH3 is 4. The topological polar surface area (TPSA) is 113 Å². The number of morpholine rings is 1. The molecule has 0 atom stereocenters. The number of nitrogens with one attached hydrogen (secondary N) is 1. The number of anilines is 1. The van der Waals surface area contributed by atoms with E-state index in [2.05, 4.69) is 5.32 Å². The molecule has 32 heavy (non-hydrogen) atoms. The van der Waals surface area contributed by atoms with Gasteiger partial charge in [0.2, 0.25) is 15.8 Å². The Morgan fingerprint density at radius 3 is 2.03 bits per heavy atom. The van der Waals surface area contributed by atoms with E-state index in [1.165, 1.54) is 63.1 Å². The summed E-state index contributed by atoms with van der Waals surface area (Å²) in [6.07, 6.45) is 0. The Bertz CT molecular complexity index is 1060. The predicted molar refractivity (Wildman–Crippen MR) is 117 cm³/mol. The third kappa shape index (κ3) is 4.74. The van der Waals surface area contributed by atoms with Crippen LogP contribution in [-0.4, -0.2) is 73.4 Å². The van der Waals surface area contributed by atoms with Crippen molar-refractivity contribution in [2.45, 2.75) is 4.90 Å². The molecule has 11 heteroatoms. The zero-order valence-electron chi connectivity index (χ0n) is 18.3. The van der Waals surface area contributed by atoms with Crippen molar-refractivity contribution < 1.29 is 36.9 Å². The number of ether oxygens (including phenoxy) is 5. The van der Waals surface area contributed by atoms with Crippen LogP contribution in [0.15, 0.2) is 35.2 Å². The van der Waals surface area contributed by atoms with E-state index in [0.29, 0.717) is 36.2 Å². The maximum atomic E-state index is 13.0. The van der Waals surface area contributed by atoms with Gasteiger partial charge < -0.3 is 29.0 Å². The molecule has 174 valence electrons. The highest BCUT2D eigenvalue weighted by molar-refractivity contribution is 7.89. The molecule has 1 saturated heterocycles. The number of carbonyl (C=O) groups is 1. The van der Waals surface area contributed by atoms with E-state index >= 15 is 0 Å². The molecule has 2 aromatic rings. The van der Waals surface area contributed by atoms with Gasteiger partial charge in [-0.05, 0) is 30.3 Å². The van der Waals surface area contributed by atoms with Gasteiger partial charge in [-0.1, -0.05) is 0 Å². The van der Waals surface area contributed by atoms with Crippen molar-refractivity contribution in [3.05, 3.63) is 35.9 Å². The molecule has 10 nitrogen and oxygen atoms in total. The Morgan fingerprint density at radius 2 is 1.50 bits per heavy atom. The number of carbonyl (C=O) groups excluding carboxylic acids is 1. The summed E-state index contributed by atoms with van der Waals surface area (Å²) in [7, 11) is 2.04. The lowest BCUT2D eigenvalue weighted by Crippen LogP contribution is -2.40. The van der Waals surface area contributed by atoms with Gasteiger partial charge in [0.05, 0.1) is 52.2 Å². The van der Waals surface area contributed by atoms with Crippen LogP contribution in [-0.2, 0) is 14.8 Å². The van der Waals surface area contributed by atoms with Gasteiger partial charge >= 0.3 is 0 Å². The maximum Gasteiger partial charge on any atom is 0.256 e. The second kappa shape index (κ2) is 10.1. The molecule has 0 radical (unpaired) electrons. The molecular weight excluding hydrogens is 440 g/mol. The van der Waals surface area contributed by atoms with E-state index in [4.69, 9.17) is 23.7 Å². The van der Waals surface area contributed by atoms with E-state index in [-0.39, 0.29) is 29.2 Å². The largest absolute Gasteiger partial charge is 0.495 e. The minimum atomic E-state index is -3.75. The lowest BCUT2D eigenvalue weighted by molar-refractivity contribution is 0.0730. The highest BCUT2D eigenvalue weighted by Gasteiger charge is 2.27. The molecule has 0 bridgehead atoms. The number of amides is 1. The smallest absolute Gasteiger partial charge is 0.256 e. The average molecular weight is 467 g/mol. The molecule has 1 aliphatic rings. The fourth-order valence-corrected chi connectivity index (χ4v) is 4.72. The highest BCUT2D eigenvalue weighted by atomic mass is 32.2. The van der Waals surface area contributed by atoms with Crippen molar-refractivity contribution >= 4 is 21.6 Å². The number of rotatable bonds is 8.